The van der Waals surface area contributed by atoms with E-state index in [-0.39, 0.29) is 11.7 Å². The van der Waals surface area contributed by atoms with E-state index in [0.717, 1.165) is 25.3 Å². The summed E-state index contributed by atoms with van der Waals surface area (Å²) >= 11 is 0. The molecule has 6 nitrogen and oxygen atoms in total. The third-order valence-electron chi connectivity index (χ3n) is 3.29. The van der Waals surface area contributed by atoms with Gasteiger partial charge in [0.2, 0.25) is 0 Å². The first-order chi connectivity index (χ1) is 9.96. The SMILES string of the molecule is CC(C)(C)OCNCC1CN(c2ccncc2N)CCO1. The molecule has 0 radical (unpaired) electrons. The molecule has 1 atom stereocenters. The Morgan fingerprint density at radius 1 is 1.52 bits per heavy atom. The van der Waals surface area contributed by atoms with Gasteiger partial charge in [0, 0.05) is 25.8 Å². The van der Waals surface area contributed by atoms with Crippen LogP contribution in [0.2, 0.25) is 0 Å². The average molecular weight is 294 g/mol. The van der Waals surface area contributed by atoms with Crippen molar-refractivity contribution in [3.8, 4) is 0 Å². The summed E-state index contributed by atoms with van der Waals surface area (Å²) in [4.78, 5) is 6.28. The van der Waals surface area contributed by atoms with E-state index in [1.807, 2.05) is 26.8 Å². The van der Waals surface area contributed by atoms with Crippen LogP contribution in [0.1, 0.15) is 20.8 Å². The molecule has 1 aromatic heterocycles. The number of ether oxygens (including phenoxy) is 2. The van der Waals surface area contributed by atoms with Gasteiger partial charge in [-0.25, -0.2) is 0 Å². The van der Waals surface area contributed by atoms with Gasteiger partial charge >= 0.3 is 0 Å². The number of rotatable bonds is 5. The van der Waals surface area contributed by atoms with Crippen molar-refractivity contribution < 1.29 is 9.47 Å². The maximum atomic E-state index is 5.99. The minimum absolute atomic E-state index is 0.127. The van der Waals surface area contributed by atoms with Gasteiger partial charge in [0.1, 0.15) is 0 Å². The van der Waals surface area contributed by atoms with E-state index >= 15 is 0 Å². The second kappa shape index (κ2) is 7.06. The molecule has 0 spiro atoms. The van der Waals surface area contributed by atoms with Crippen LogP contribution in [0.15, 0.2) is 18.5 Å². The van der Waals surface area contributed by atoms with Crippen LogP contribution in [0.25, 0.3) is 0 Å². The smallest absolute Gasteiger partial charge is 0.0973 e. The van der Waals surface area contributed by atoms with E-state index in [1.54, 1.807) is 12.4 Å². The lowest BCUT2D eigenvalue weighted by atomic mass is 10.2. The van der Waals surface area contributed by atoms with Gasteiger partial charge in [0.15, 0.2) is 0 Å². The Hall–Kier alpha value is -1.37. The van der Waals surface area contributed by atoms with Crippen molar-refractivity contribution in [1.29, 1.82) is 0 Å². The zero-order valence-corrected chi connectivity index (χ0v) is 13.1. The van der Waals surface area contributed by atoms with Gasteiger partial charge in [-0.15, -0.1) is 0 Å². The van der Waals surface area contributed by atoms with Gasteiger partial charge in [-0.3, -0.25) is 10.3 Å². The van der Waals surface area contributed by atoms with Gasteiger partial charge in [-0.05, 0) is 26.8 Å². The van der Waals surface area contributed by atoms with E-state index in [2.05, 4.69) is 15.2 Å². The summed E-state index contributed by atoms with van der Waals surface area (Å²) in [7, 11) is 0. The van der Waals surface area contributed by atoms with Crippen LogP contribution in [-0.2, 0) is 9.47 Å². The van der Waals surface area contributed by atoms with Crippen LogP contribution in [0.4, 0.5) is 11.4 Å². The molecule has 21 heavy (non-hydrogen) atoms. The minimum atomic E-state index is -0.127. The average Bonchev–Trinajstić information content (AvgIpc) is 2.43. The highest BCUT2D eigenvalue weighted by Gasteiger charge is 2.21. The van der Waals surface area contributed by atoms with Gasteiger partial charge in [0.05, 0.1) is 42.6 Å². The Morgan fingerprint density at radius 3 is 3.05 bits per heavy atom. The van der Waals surface area contributed by atoms with Crippen molar-refractivity contribution in [2.45, 2.75) is 32.5 Å². The number of nitrogen functional groups attached to an aromatic ring is 1. The lowest BCUT2D eigenvalue weighted by Crippen LogP contribution is -2.47. The summed E-state index contributed by atoms with van der Waals surface area (Å²) in [5, 5.41) is 3.28. The first-order valence-corrected chi connectivity index (χ1v) is 7.36. The molecule has 1 unspecified atom stereocenters. The molecule has 1 aliphatic heterocycles. The van der Waals surface area contributed by atoms with Gasteiger partial charge < -0.3 is 20.1 Å². The zero-order chi connectivity index (χ0) is 15.3. The highest BCUT2D eigenvalue weighted by atomic mass is 16.5. The third-order valence-corrected chi connectivity index (χ3v) is 3.29. The number of morpholine rings is 1. The zero-order valence-electron chi connectivity index (χ0n) is 13.1. The molecular weight excluding hydrogens is 268 g/mol. The number of hydrogen-bond acceptors (Lipinski definition) is 6. The van der Waals surface area contributed by atoms with E-state index in [1.165, 1.54) is 0 Å². The fourth-order valence-corrected chi connectivity index (χ4v) is 2.24. The molecule has 0 saturated carbocycles. The Bertz CT molecular complexity index is 448. The first kappa shape index (κ1) is 16.0. The predicted molar refractivity (Wildman–Crippen MR) is 84.3 cm³/mol. The Morgan fingerprint density at radius 2 is 2.33 bits per heavy atom. The summed E-state index contributed by atoms with van der Waals surface area (Å²) in [5.41, 5.74) is 7.60. The summed E-state index contributed by atoms with van der Waals surface area (Å²) in [6.07, 6.45) is 3.59. The minimum Gasteiger partial charge on any atom is -0.396 e. The summed E-state index contributed by atoms with van der Waals surface area (Å²) in [6, 6.07) is 1.95. The first-order valence-electron chi connectivity index (χ1n) is 7.36. The Balaban J connectivity index is 1.80. The van der Waals surface area contributed by atoms with Crippen LogP contribution >= 0.6 is 0 Å². The fourth-order valence-electron chi connectivity index (χ4n) is 2.24. The second-order valence-corrected chi connectivity index (χ2v) is 6.23. The van der Waals surface area contributed by atoms with E-state index in [0.29, 0.717) is 19.0 Å². The molecule has 0 amide bonds. The lowest BCUT2D eigenvalue weighted by molar-refractivity contribution is -0.0233. The highest BCUT2D eigenvalue weighted by Crippen LogP contribution is 2.23. The van der Waals surface area contributed by atoms with Gasteiger partial charge in [0.25, 0.3) is 0 Å². The molecule has 6 heteroatoms. The lowest BCUT2D eigenvalue weighted by Gasteiger charge is -2.35. The van der Waals surface area contributed by atoms with Crippen LogP contribution in [0.5, 0.6) is 0 Å². The molecule has 3 N–H and O–H groups in total. The summed E-state index contributed by atoms with van der Waals surface area (Å²) in [5.74, 6) is 0. The predicted octanol–water partition coefficient (Wildman–Crippen LogP) is 1.23. The van der Waals surface area contributed by atoms with Crippen LogP contribution in [0, 0.1) is 0 Å². The fraction of sp³-hybridized carbons (Fsp3) is 0.667. The highest BCUT2D eigenvalue weighted by molar-refractivity contribution is 5.66. The molecule has 0 bridgehead atoms. The summed E-state index contributed by atoms with van der Waals surface area (Å²) < 4.78 is 11.4. The molecule has 1 aromatic rings. The molecule has 1 aliphatic rings. The molecule has 118 valence electrons. The van der Waals surface area contributed by atoms with Gasteiger partial charge in [-0.1, -0.05) is 0 Å². The number of nitrogens with zero attached hydrogens (tertiary/aromatic N) is 2. The molecular formula is C15H26N4O2. The molecule has 0 aromatic carbocycles. The van der Waals surface area contributed by atoms with Crippen molar-refractivity contribution in [2.75, 3.05) is 43.6 Å². The van der Waals surface area contributed by atoms with Crippen molar-refractivity contribution in [2.24, 2.45) is 0 Å². The number of nitrogens with two attached hydrogens (primary N) is 1. The molecule has 1 saturated heterocycles. The van der Waals surface area contributed by atoms with E-state index in [4.69, 9.17) is 15.2 Å². The van der Waals surface area contributed by atoms with Crippen LogP contribution in [0.3, 0.4) is 0 Å². The number of nitrogens with one attached hydrogen (secondary N) is 1. The second-order valence-electron chi connectivity index (χ2n) is 6.23. The molecule has 2 rings (SSSR count). The van der Waals surface area contributed by atoms with Crippen molar-refractivity contribution in [3.05, 3.63) is 18.5 Å². The maximum Gasteiger partial charge on any atom is 0.0973 e. The topological polar surface area (TPSA) is 72.6 Å². The summed E-state index contributed by atoms with van der Waals surface area (Å²) in [6.45, 7) is 9.78. The maximum absolute atomic E-state index is 5.99. The Kier molecular flexibility index (Phi) is 5.39. The Labute approximate surface area is 126 Å². The van der Waals surface area contributed by atoms with E-state index in [9.17, 15) is 0 Å². The monoisotopic (exact) mass is 294 g/mol. The number of anilines is 2. The van der Waals surface area contributed by atoms with Crippen LogP contribution < -0.4 is 16.0 Å². The van der Waals surface area contributed by atoms with E-state index < -0.39 is 0 Å². The number of aromatic nitrogens is 1. The molecule has 2 heterocycles. The molecule has 0 aliphatic carbocycles. The number of pyridine rings is 1. The van der Waals surface area contributed by atoms with Crippen molar-refractivity contribution >= 4 is 11.4 Å². The quantitative estimate of drug-likeness (QED) is 0.628. The normalized spacial score (nSPS) is 19.8. The standard InChI is InChI=1S/C15H26N4O2/c1-15(2,3)21-11-18-8-12-10-19(6-7-20-12)14-4-5-17-9-13(14)16/h4-5,9,12,18H,6-8,10-11,16H2,1-3H3. The van der Waals surface area contributed by atoms with Crippen molar-refractivity contribution in [1.82, 2.24) is 10.3 Å². The van der Waals surface area contributed by atoms with Crippen molar-refractivity contribution in [3.63, 3.8) is 0 Å². The largest absolute Gasteiger partial charge is 0.396 e. The van der Waals surface area contributed by atoms with Crippen LogP contribution in [-0.4, -0.2) is 49.7 Å². The molecule has 1 fully saturated rings. The van der Waals surface area contributed by atoms with Gasteiger partial charge in [-0.2, -0.15) is 0 Å². The number of hydrogen-bond donors (Lipinski definition) is 2. The third kappa shape index (κ3) is 5.15.